The number of imidazole rings is 2. The first kappa shape index (κ1) is 20.4. The Morgan fingerprint density at radius 2 is 1.78 bits per heavy atom. The number of pyridine rings is 1. The molecule has 1 aliphatic heterocycles. The Kier molecular flexibility index (Phi) is 3.80. The predicted molar refractivity (Wildman–Crippen MR) is 140 cm³/mol. The molecule has 1 aliphatic rings. The molecule has 8 heteroatoms. The van der Waals surface area contributed by atoms with E-state index in [9.17, 15) is 14.7 Å². The van der Waals surface area contributed by atoms with Crippen molar-refractivity contribution in [3.05, 3.63) is 88.2 Å². The zero-order valence-electron chi connectivity index (χ0n) is 19.6. The maximum absolute atomic E-state index is 13.7. The van der Waals surface area contributed by atoms with Crippen molar-refractivity contribution in [2.75, 3.05) is 7.11 Å². The molecule has 0 fully saturated rings. The number of carbonyl (C=O) groups excluding carboxylic acids is 1. The van der Waals surface area contributed by atoms with Gasteiger partial charge in [0.2, 0.25) is 0 Å². The Balaban J connectivity index is 1.47. The van der Waals surface area contributed by atoms with E-state index in [2.05, 4.69) is 0 Å². The van der Waals surface area contributed by atoms with Crippen LogP contribution in [0, 0.1) is 0 Å². The lowest BCUT2D eigenvalue weighted by atomic mass is 9.91. The van der Waals surface area contributed by atoms with Crippen molar-refractivity contribution < 1.29 is 14.6 Å². The summed E-state index contributed by atoms with van der Waals surface area (Å²) in [5.74, 6) is 0.283. The molecule has 0 radical (unpaired) electrons. The van der Waals surface area contributed by atoms with Gasteiger partial charge >= 0.3 is 5.97 Å². The minimum atomic E-state index is -0.987. The van der Waals surface area contributed by atoms with E-state index >= 15 is 0 Å². The molecule has 4 aromatic carbocycles. The second-order valence-corrected chi connectivity index (χ2v) is 9.43. The van der Waals surface area contributed by atoms with Gasteiger partial charge in [0.25, 0.3) is 5.56 Å². The molecule has 1 unspecified atom stereocenters. The number of rotatable bonds is 2. The molecule has 1 N–H and O–H groups in total. The molecule has 7 aromatic rings. The number of carbonyl (C=O) groups is 1. The van der Waals surface area contributed by atoms with E-state index in [4.69, 9.17) is 14.7 Å². The normalized spacial score (nSPS) is 14.8. The molecule has 0 spiro atoms. The van der Waals surface area contributed by atoms with Crippen molar-refractivity contribution in [2.24, 2.45) is 0 Å². The number of hydrogen-bond donors (Lipinski definition) is 1. The molecule has 0 amide bonds. The topological polar surface area (TPSA) is 98.7 Å². The number of hydrogen-bond acceptors (Lipinski definition) is 6. The van der Waals surface area contributed by atoms with Gasteiger partial charge in [0, 0.05) is 32.7 Å². The lowest BCUT2D eigenvalue weighted by Gasteiger charge is -2.26. The van der Waals surface area contributed by atoms with E-state index < -0.39 is 6.23 Å². The average molecular weight is 486 g/mol. The van der Waals surface area contributed by atoms with E-state index in [-0.39, 0.29) is 17.9 Å². The Morgan fingerprint density at radius 1 is 0.946 bits per heavy atom. The number of para-hydroxylation sites is 2. The molecule has 8 nitrogen and oxygen atoms in total. The summed E-state index contributed by atoms with van der Waals surface area (Å²) in [6, 6.07) is 20.8. The van der Waals surface area contributed by atoms with Crippen LogP contribution in [0.1, 0.15) is 17.4 Å². The summed E-state index contributed by atoms with van der Waals surface area (Å²) in [6.07, 6.45) is -0.845. The molecule has 178 valence electrons. The second kappa shape index (κ2) is 6.89. The van der Waals surface area contributed by atoms with Crippen LogP contribution in [0.5, 0.6) is 0 Å². The van der Waals surface area contributed by atoms with Crippen LogP contribution in [0.4, 0.5) is 0 Å². The summed E-state index contributed by atoms with van der Waals surface area (Å²) in [6.45, 7) is 0. The van der Waals surface area contributed by atoms with Crippen molar-refractivity contribution in [2.45, 2.75) is 12.6 Å². The minimum absolute atomic E-state index is 0.138. The van der Waals surface area contributed by atoms with Gasteiger partial charge in [0.1, 0.15) is 11.5 Å². The van der Waals surface area contributed by atoms with E-state index in [1.165, 1.54) is 7.11 Å². The second-order valence-electron chi connectivity index (χ2n) is 9.43. The van der Waals surface area contributed by atoms with Crippen LogP contribution in [0.15, 0.2) is 71.5 Å². The lowest BCUT2D eigenvalue weighted by Crippen LogP contribution is -2.18. The van der Waals surface area contributed by atoms with Gasteiger partial charge in [-0.05, 0) is 42.0 Å². The molecule has 4 heterocycles. The molecule has 0 saturated heterocycles. The number of aliphatic hydroxyl groups excluding tert-OH is 1. The summed E-state index contributed by atoms with van der Waals surface area (Å²) in [7, 11) is 1.36. The first-order chi connectivity index (χ1) is 18.0. The van der Waals surface area contributed by atoms with Crippen molar-refractivity contribution in [1.82, 2.24) is 18.9 Å². The SMILES string of the molecule is COC(=O)Cc1ccc2c(c1)nc1n2C(O)c2ccc3c4c2c-1ccc4c(=O)n1c2ccccc2nc31. The summed E-state index contributed by atoms with van der Waals surface area (Å²) >= 11 is 0. The number of fused-ring (bicyclic) bond motifs is 8. The van der Waals surface area contributed by atoms with Gasteiger partial charge in [-0.15, -0.1) is 0 Å². The molecule has 37 heavy (non-hydrogen) atoms. The third kappa shape index (κ3) is 2.49. The maximum atomic E-state index is 13.7. The Labute approximate surface area is 208 Å². The Morgan fingerprint density at radius 3 is 2.65 bits per heavy atom. The number of aromatic nitrogens is 4. The number of aliphatic hydroxyl groups is 1. The third-order valence-corrected chi connectivity index (χ3v) is 7.52. The van der Waals surface area contributed by atoms with Crippen LogP contribution < -0.4 is 5.56 Å². The number of benzene rings is 4. The fourth-order valence-electron chi connectivity index (χ4n) is 5.89. The van der Waals surface area contributed by atoms with Crippen LogP contribution in [-0.2, 0) is 16.0 Å². The summed E-state index contributed by atoms with van der Waals surface area (Å²) in [5.41, 5.74) is 5.74. The Bertz CT molecular complexity index is 2180. The zero-order valence-corrected chi connectivity index (χ0v) is 19.6. The number of ether oxygens (including phenoxy) is 1. The van der Waals surface area contributed by atoms with Gasteiger partial charge < -0.3 is 9.84 Å². The van der Waals surface area contributed by atoms with Crippen LogP contribution >= 0.6 is 0 Å². The van der Waals surface area contributed by atoms with E-state index in [0.29, 0.717) is 27.9 Å². The van der Waals surface area contributed by atoms with Gasteiger partial charge in [-0.1, -0.05) is 30.3 Å². The van der Waals surface area contributed by atoms with Crippen LogP contribution in [-0.4, -0.2) is 37.1 Å². The van der Waals surface area contributed by atoms with E-state index in [1.54, 1.807) is 8.97 Å². The van der Waals surface area contributed by atoms with Crippen molar-refractivity contribution in [3.63, 3.8) is 0 Å². The molecule has 0 saturated carbocycles. The number of esters is 1. The number of methoxy groups -OCH3 is 1. The average Bonchev–Trinajstić information content (AvgIpc) is 3.49. The highest BCUT2D eigenvalue weighted by Crippen LogP contribution is 2.45. The minimum Gasteiger partial charge on any atom is -0.469 e. The first-order valence-electron chi connectivity index (χ1n) is 11.9. The van der Waals surface area contributed by atoms with Gasteiger partial charge in [-0.25, -0.2) is 9.97 Å². The lowest BCUT2D eigenvalue weighted by molar-refractivity contribution is -0.139. The Hall–Kier alpha value is -4.82. The highest BCUT2D eigenvalue weighted by atomic mass is 16.5. The van der Waals surface area contributed by atoms with Gasteiger partial charge in [-0.3, -0.25) is 18.6 Å². The van der Waals surface area contributed by atoms with Crippen LogP contribution in [0.2, 0.25) is 0 Å². The van der Waals surface area contributed by atoms with E-state index in [0.717, 1.165) is 43.8 Å². The van der Waals surface area contributed by atoms with E-state index in [1.807, 2.05) is 66.7 Å². The summed E-state index contributed by atoms with van der Waals surface area (Å²) in [4.78, 5) is 35.2. The third-order valence-electron chi connectivity index (χ3n) is 7.52. The molecule has 1 atom stereocenters. The van der Waals surface area contributed by atoms with Crippen molar-refractivity contribution in [3.8, 4) is 11.4 Å². The van der Waals surface area contributed by atoms with Crippen molar-refractivity contribution >= 4 is 55.2 Å². The standard InChI is InChI=1S/C29H18N4O4/c1-37-23(34)13-14-6-11-22-20(12-14)31-27-16-8-10-17-24-15(7-9-18(25(16)24)29(36)33(22)27)26-30-19-4-2-3-5-21(19)32(26)28(17)35/h2-12,29,36H,13H2,1H3. The van der Waals surface area contributed by atoms with Gasteiger partial charge in [-0.2, -0.15) is 0 Å². The fraction of sp³-hybridized carbons (Fsp3) is 0.103. The van der Waals surface area contributed by atoms with Crippen LogP contribution in [0.25, 0.3) is 60.6 Å². The molecule has 3 aromatic heterocycles. The molecular formula is C29H18N4O4. The van der Waals surface area contributed by atoms with Gasteiger partial charge in [0.05, 0.1) is 35.6 Å². The number of nitrogens with zero attached hydrogens (tertiary/aromatic N) is 4. The molecule has 8 rings (SSSR count). The van der Waals surface area contributed by atoms with Gasteiger partial charge in [0.15, 0.2) is 6.23 Å². The quantitative estimate of drug-likeness (QED) is 0.368. The fourth-order valence-corrected chi connectivity index (χ4v) is 5.89. The predicted octanol–water partition coefficient (Wildman–Crippen LogP) is 4.18. The highest BCUT2D eigenvalue weighted by Gasteiger charge is 2.31. The highest BCUT2D eigenvalue weighted by molar-refractivity contribution is 6.20. The van der Waals surface area contributed by atoms with Crippen molar-refractivity contribution in [1.29, 1.82) is 0 Å². The smallest absolute Gasteiger partial charge is 0.309 e. The molecule has 0 aliphatic carbocycles. The molecule has 0 bridgehead atoms. The summed E-state index contributed by atoms with van der Waals surface area (Å²) < 4.78 is 8.27. The largest absolute Gasteiger partial charge is 0.469 e. The first-order valence-corrected chi connectivity index (χ1v) is 11.9. The van der Waals surface area contributed by atoms with Crippen LogP contribution in [0.3, 0.4) is 0 Å². The summed E-state index contributed by atoms with van der Waals surface area (Å²) in [5, 5.41) is 14.6. The molecular weight excluding hydrogens is 468 g/mol. The maximum Gasteiger partial charge on any atom is 0.309 e. The zero-order chi connectivity index (χ0) is 25.0. The monoisotopic (exact) mass is 486 g/mol.